The molecule has 1 heterocycles. The number of hydrogen-bond acceptors (Lipinski definition) is 7. The van der Waals surface area contributed by atoms with Gasteiger partial charge in [-0.2, -0.15) is 0 Å². The lowest BCUT2D eigenvalue weighted by molar-refractivity contribution is -0.186. The number of rotatable bonds is 14. The molecule has 0 bridgehead atoms. The summed E-state index contributed by atoms with van der Waals surface area (Å²) in [6, 6.07) is 22.0. The fourth-order valence-electron chi connectivity index (χ4n) is 5.73. The van der Waals surface area contributed by atoms with Crippen LogP contribution in [0.15, 0.2) is 72.3 Å². The van der Waals surface area contributed by atoms with Gasteiger partial charge in [0.15, 0.2) is 6.29 Å². The molecule has 3 aromatic rings. The van der Waals surface area contributed by atoms with E-state index in [9.17, 15) is 9.59 Å². The van der Waals surface area contributed by atoms with Gasteiger partial charge in [0.2, 0.25) is 0 Å². The summed E-state index contributed by atoms with van der Waals surface area (Å²) in [5, 5.41) is 2.11. The predicted molar refractivity (Wildman–Crippen MR) is 191 cm³/mol. The van der Waals surface area contributed by atoms with E-state index < -0.39 is 11.9 Å². The Bertz CT molecular complexity index is 1490. The third-order valence-corrected chi connectivity index (χ3v) is 8.13. The van der Waals surface area contributed by atoms with E-state index in [1.807, 2.05) is 69.3 Å². The van der Waals surface area contributed by atoms with Crippen molar-refractivity contribution in [3.8, 4) is 5.75 Å². The molecule has 1 aliphatic rings. The van der Waals surface area contributed by atoms with E-state index in [1.54, 1.807) is 17.0 Å². The molecule has 9 nitrogen and oxygen atoms in total. The lowest BCUT2D eigenvalue weighted by Crippen LogP contribution is -2.46. The monoisotopic (exact) mass is 659 g/mol. The maximum Gasteiger partial charge on any atom is 0.410 e. The van der Waals surface area contributed by atoms with Crippen molar-refractivity contribution >= 4 is 28.8 Å². The molecule has 4 rings (SSSR count). The SMILES string of the molecule is CC(C)N(CCN(C/C(=C/c1ccc(C(=O)NOC2CCCCO2)cc1)COc1cccc2ccccc12)C(=O)OC(C)(C)C)C(C)C. The normalized spacial score (nSPS) is 15.6. The predicted octanol–water partition coefficient (Wildman–Crippen LogP) is 7.85. The third-order valence-electron chi connectivity index (χ3n) is 8.13. The van der Waals surface area contributed by atoms with Crippen molar-refractivity contribution in [2.75, 3.05) is 32.8 Å². The number of benzene rings is 3. The van der Waals surface area contributed by atoms with Crippen molar-refractivity contribution in [1.82, 2.24) is 15.3 Å². The first-order chi connectivity index (χ1) is 22.9. The highest BCUT2D eigenvalue weighted by molar-refractivity contribution is 5.93. The Kier molecular flexibility index (Phi) is 13.4. The lowest BCUT2D eigenvalue weighted by Gasteiger charge is -2.34. The van der Waals surface area contributed by atoms with E-state index in [-0.39, 0.29) is 18.6 Å². The Morgan fingerprint density at radius 1 is 0.938 bits per heavy atom. The molecule has 48 heavy (non-hydrogen) atoms. The number of hydrogen-bond donors (Lipinski definition) is 1. The number of carbonyl (C=O) groups is 2. The Morgan fingerprint density at radius 3 is 2.31 bits per heavy atom. The minimum atomic E-state index is -0.641. The molecule has 3 aromatic carbocycles. The van der Waals surface area contributed by atoms with E-state index in [0.717, 1.165) is 46.9 Å². The third kappa shape index (κ3) is 11.4. The van der Waals surface area contributed by atoms with Crippen molar-refractivity contribution in [1.29, 1.82) is 0 Å². The van der Waals surface area contributed by atoms with Crippen LogP contribution in [0, 0.1) is 0 Å². The Balaban J connectivity index is 1.58. The summed E-state index contributed by atoms with van der Waals surface area (Å²) in [7, 11) is 0. The molecule has 1 saturated heterocycles. The molecule has 9 heteroatoms. The summed E-state index contributed by atoms with van der Waals surface area (Å²) in [4.78, 5) is 35.9. The van der Waals surface area contributed by atoms with Crippen LogP contribution in [-0.2, 0) is 14.3 Å². The van der Waals surface area contributed by atoms with Crippen LogP contribution >= 0.6 is 0 Å². The smallest absolute Gasteiger partial charge is 0.410 e. The van der Waals surface area contributed by atoms with Gasteiger partial charge in [-0.15, -0.1) is 0 Å². The van der Waals surface area contributed by atoms with Crippen LogP contribution in [-0.4, -0.2) is 78.6 Å². The van der Waals surface area contributed by atoms with E-state index in [2.05, 4.69) is 50.2 Å². The van der Waals surface area contributed by atoms with E-state index in [4.69, 9.17) is 19.0 Å². The average molecular weight is 660 g/mol. The molecular formula is C39H53N3O6. The molecule has 0 aromatic heterocycles. The number of amides is 2. The second-order valence-electron chi connectivity index (χ2n) is 13.9. The van der Waals surface area contributed by atoms with Crippen LogP contribution in [0.3, 0.4) is 0 Å². The van der Waals surface area contributed by atoms with Crippen molar-refractivity contribution in [3.05, 3.63) is 83.4 Å². The average Bonchev–Trinajstić information content (AvgIpc) is 3.05. The molecule has 0 spiro atoms. The minimum Gasteiger partial charge on any atom is -0.489 e. The zero-order chi connectivity index (χ0) is 34.7. The summed E-state index contributed by atoms with van der Waals surface area (Å²) in [5.41, 5.74) is 4.09. The van der Waals surface area contributed by atoms with Gasteiger partial charge in [-0.3, -0.25) is 9.69 Å². The fraction of sp³-hybridized carbons (Fsp3) is 0.487. The zero-order valence-corrected chi connectivity index (χ0v) is 29.7. The molecule has 260 valence electrons. The van der Waals surface area contributed by atoms with Gasteiger partial charge in [0.05, 0.1) is 0 Å². The van der Waals surface area contributed by atoms with Crippen molar-refractivity contribution < 1.29 is 28.6 Å². The molecule has 0 saturated carbocycles. The first-order valence-corrected chi connectivity index (χ1v) is 17.1. The highest BCUT2D eigenvalue weighted by Gasteiger charge is 2.25. The topological polar surface area (TPSA) is 89.6 Å². The van der Waals surface area contributed by atoms with Crippen LogP contribution < -0.4 is 10.2 Å². The molecule has 1 aliphatic heterocycles. The van der Waals surface area contributed by atoms with E-state index in [0.29, 0.717) is 43.9 Å². The zero-order valence-electron chi connectivity index (χ0n) is 29.7. The van der Waals surface area contributed by atoms with E-state index >= 15 is 0 Å². The second kappa shape index (κ2) is 17.5. The summed E-state index contributed by atoms with van der Waals surface area (Å²) in [6.45, 7) is 16.7. The number of fused-ring (bicyclic) bond motifs is 1. The first-order valence-electron chi connectivity index (χ1n) is 17.1. The summed E-state index contributed by atoms with van der Waals surface area (Å²) in [6.07, 6.45) is 3.98. The fourth-order valence-corrected chi connectivity index (χ4v) is 5.73. The maximum atomic E-state index is 13.6. The summed E-state index contributed by atoms with van der Waals surface area (Å²) >= 11 is 0. The van der Waals surface area contributed by atoms with Crippen molar-refractivity contribution in [3.63, 3.8) is 0 Å². The first kappa shape index (κ1) is 36.9. The van der Waals surface area contributed by atoms with Crippen LogP contribution in [0.2, 0.25) is 0 Å². The van der Waals surface area contributed by atoms with Crippen LogP contribution in [0.5, 0.6) is 5.75 Å². The molecule has 1 N–H and O–H groups in total. The van der Waals surface area contributed by atoms with E-state index in [1.165, 1.54) is 0 Å². The Morgan fingerprint density at radius 2 is 1.65 bits per heavy atom. The van der Waals surface area contributed by atoms with Crippen molar-refractivity contribution in [2.45, 2.75) is 91.7 Å². The molecule has 1 unspecified atom stereocenters. The highest BCUT2D eigenvalue weighted by Crippen LogP contribution is 2.26. The Hall–Kier alpha value is -3.92. The molecule has 1 fully saturated rings. The van der Waals surface area contributed by atoms with Gasteiger partial charge in [-0.1, -0.05) is 54.6 Å². The maximum absolute atomic E-state index is 13.6. The summed E-state index contributed by atoms with van der Waals surface area (Å²) in [5.74, 6) is 0.428. The second-order valence-corrected chi connectivity index (χ2v) is 13.9. The van der Waals surface area contributed by atoms with Gasteiger partial charge >= 0.3 is 6.09 Å². The standard InChI is InChI=1S/C39H53N3O6/c1-28(2)42(29(3)4)23-22-41(38(44)47-39(5,6)7)26-31(27-46-35-16-12-14-32-13-8-9-15-34(32)35)25-30-18-20-33(21-19-30)37(43)40-48-36-17-10-11-24-45-36/h8-9,12-16,18-21,25,28-29,36H,10-11,17,22-24,26-27H2,1-7H3,(H,40,43)/b31-25-. The lowest BCUT2D eigenvalue weighted by atomic mass is 10.1. The highest BCUT2D eigenvalue weighted by atomic mass is 16.8. The number of nitrogens with zero attached hydrogens (tertiary/aromatic N) is 2. The van der Waals surface area contributed by atoms with Crippen LogP contribution in [0.25, 0.3) is 16.8 Å². The Labute approximate surface area is 286 Å². The largest absolute Gasteiger partial charge is 0.489 e. The number of hydroxylamine groups is 1. The van der Waals surface area contributed by atoms with Gasteiger partial charge in [-0.25, -0.2) is 15.1 Å². The van der Waals surface area contributed by atoms with Gasteiger partial charge in [0, 0.05) is 55.7 Å². The number of nitrogens with one attached hydrogen (secondary N) is 1. The molecule has 1 atom stereocenters. The van der Waals surface area contributed by atoms with Crippen LogP contribution in [0.1, 0.15) is 83.7 Å². The number of ether oxygens (including phenoxy) is 3. The molecule has 0 aliphatic carbocycles. The quantitative estimate of drug-likeness (QED) is 0.176. The van der Waals surface area contributed by atoms with Gasteiger partial charge < -0.3 is 19.1 Å². The van der Waals surface area contributed by atoms with Crippen LogP contribution in [0.4, 0.5) is 4.79 Å². The molecular weight excluding hydrogens is 606 g/mol. The van der Waals surface area contributed by atoms with Crippen molar-refractivity contribution in [2.24, 2.45) is 0 Å². The summed E-state index contributed by atoms with van der Waals surface area (Å²) < 4.78 is 17.8. The molecule has 2 amide bonds. The van der Waals surface area contributed by atoms with Gasteiger partial charge in [0.25, 0.3) is 5.91 Å². The minimum absolute atomic E-state index is 0.253. The van der Waals surface area contributed by atoms with Gasteiger partial charge in [0.1, 0.15) is 18.0 Å². The van der Waals surface area contributed by atoms with Gasteiger partial charge in [-0.05, 0) is 96.0 Å². The molecule has 0 radical (unpaired) electrons. The number of carbonyl (C=O) groups excluding carboxylic acids is 2.